The van der Waals surface area contributed by atoms with Crippen LogP contribution in [0.5, 0.6) is 0 Å². The first-order chi connectivity index (χ1) is 9.54. The maximum absolute atomic E-state index is 12.4. The third-order valence-electron chi connectivity index (χ3n) is 3.55. The van der Waals surface area contributed by atoms with Crippen molar-refractivity contribution >= 4 is 10.0 Å². The lowest BCUT2D eigenvalue weighted by Gasteiger charge is -2.27. The van der Waals surface area contributed by atoms with Crippen molar-refractivity contribution in [3.05, 3.63) is 29.8 Å². The molecule has 1 aromatic rings. The van der Waals surface area contributed by atoms with Gasteiger partial charge in [0.25, 0.3) is 0 Å². The molecule has 5 nitrogen and oxygen atoms in total. The molecule has 0 bridgehead atoms. The Hall–Kier alpha value is -0.950. The average molecular weight is 299 g/mol. The molecule has 1 aliphatic rings. The van der Waals surface area contributed by atoms with E-state index in [2.05, 4.69) is 0 Å². The van der Waals surface area contributed by atoms with E-state index in [1.165, 1.54) is 16.4 Å². The molecule has 1 N–H and O–H groups in total. The van der Waals surface area contributed by atoms with Crippen molar-refractivity contribution in [2.24, 2.45) is 0 Å². The molecule has 0 aromatic heterocycles. The van der Waals surface area contributed by atoms with Crippen LogP contribution >= 0.6 is 0 Å². The van der Waals surface area contributed by atoms with Crippen molar-refractivity contribution in [3.8, 4) is 0 Å². The number of sulfonamides is 1. The average Bonchev–Trinajstić information content (AvgIpc) is 2.48. The molecule has 0 saturated carbocycles. The lowest BCUT2D eigenvalue weighted by Crippen LogP contribution is -2.37. The molecule has 2 rings (SSSR count). The molecule has 1 unspecified atom stereocenters. The Morgan fingerprint density at radius 2 is 2.00 bits per heavy atom. The van der Waals surface area contributed by atoms with Gasteiger partial charge in [-0.2, -0.15) is 4.31 Å². The SMILES string of the molecule is CN(CC1CCCCO1)S(=O)(=O)c1ccc(CO)cc1. The summed E-state index contributed by atoms with van der Waals surface area (Å²) >= 11 is 0. The van der Waals surface area contributed by atoms with Gasteiger partial charge in [-0.3, -0.25) is 0 Å². The van der Waals surface area contributed by atoms with Gasteiger partial charge >= 0.3 is 0 Å². The molecule has 1 fully saturated rings. The summed E-state index contributed by atoms with van der Waals surface area (Å²) in [4.78, 5) is 0.244. The molecule has 1 aliphatic heterocycles. The lowest BCUT2D eigenvalue weighted by molar-refractivity contribution is 0.00858. The summed E-state index contributed by atoms with van der Waals surface area (Å²) in [5.74, 6) is 0. The van der Waals surface area contributed by atoms with E-state index >= 15 is 0 Å². The van der Waals surface area contributed by atoms with Crippen molar-refractivity contribution in [1.29, 1.82) is 0 Å². The van der Waals surface area contributed by atoms with E-state index in [4.69, 9.17) is 9.84 Å². The van der Waals surface area contributed by atoms with E-state index in [-0.39, 0.29) is 17.6 Å². The summed E-state index contributed by atoms with van der Waals surface area (Å²) in [5, 5.41) is 8.98. The summed E-state index contributed by atoms with van der Waals surface area (Å²) in [6, 6.07) is 6.30. The number of aliphatic hydroxyl groups is 1. The van der Waals surface area contributed by atoms with E-state index in [0.717, 1.165) is 19.3 Å². The highest BCUT2D eigenvalue weighted by molar-refractivity contribution is 7.89. The van der Waals surface area contributed by atoms with Crippen LogP contribution < -0.4 is 0 Å². The van der Waals surface area contributed by atoms with E-state index in [1.54, 1.807) is 19.2 Å². The van der Waals surface area contributed by atoms with Crippen molar-refractivity contribution in [3.63, 3.8) is 0 Å². The molecule has 6 heteroatoms. The zero-order chi connectivity index (χ0) is 14.6. The van der Waals surface area contributed by atoms with Crippen LogP contribution in [-0.4, -0.2) is 44.1 Å². The van der Waals surface area contributed by atoms with Gasteiger partial charge in [-0.05, 0) is 37.0 Å². The van der Waals surface area contributed by atoms with Crippen LogP contribution in [0.15, 0.2) is 29.2 Å². The minimum absolute atomic E-state index is 0.0137. The molecule has 1 saturated heterocycles. The Morgan fingerprint density at radius 1 is 1.30 bits per heavy atom. The van der Waals surface area contributed by atoms with Crippen LogP contribution in [0.1, 0.15) is 24.8 Å². The van der Waals surface area contributed by atoms with Crippen molar-refractivity contribution in [2.45, 2.75) is 36.9 Å². The van der Waals surface area contributed by atoms with Gasteiger partial charge in [0.05, 0.1) is 17.6 Å². The standard InChI is InChI=1S/C14H21NO4S/c1-15(10-13-4-2-3-9-19-13)20(17,18)14-7-5-12(11-16)6-8-14/h5-8,13,16H,2-4,9-11H2,1H3. The number of aliphatic hydroxyl groups excluding tert-OH is 1. The van der Waals surface area contributed by atoms with Crippen LogP contribution in [0.2, 0.25) is 0 Å². The molecule has 0 aliphatic carbocycles. The number of hydrogen-bond acceptors (Lipinski definition) is 4. The molecular formula is C14H21NO4S. The highest BCUT2D eigenvalue weighted by atomic mass is 32.2. The molecule has 112 valence electrons. The maximum Gasteiger partial charge on any atom is 0.242 e. The number of nitrogens with zero attached hydrogens (tertiary/aromatic N) is 1. The summed E-state index contributed by atoms with van der Waals surface area (Å²) in [5.41, 5.74) is 0.696. The van der Waals surface area contributed by atoms with E-state index in [9.17, 15) is 8.42 Å². The summed E-state index contributed by atoms with van der Waals surface area (Å²) < 4.78 is 31.7. The molecule has 0 radical (unpaired) electrons. The first-order valence-electron chi connectivity index (χ1n) is 6.82. The Morgan fingerprint density at radius 3 is 2.55 bits per heavy atom. The lowest BCUT2D eigenvalue weighted by atomic mass is 10.1. The van der Waals surface area contributed by atoms with Crippen LogP contribution in [0.25, 0.3) is 0 Å². The van der Waals surface area contributed by atoms with Gasteiger partial charge in [-0.25, -0.2) is 8.42 Å². The predicted molar refractivity (Wildman–Crippen MR) is 75.8 cm³/mol. The van der Waals surface area contributed by atoms with Crippen LogP contribution in [0.4, 0.5) is 0 Å². The Balaban J connectivity index is 2.07. The maximum atomic E-state index is 12.4. The predicted octanol–water partition coefficient (Wildman–Crippen LogP) is 1.37. The second kappa shape index (κ2) is 6.67. The van der Waals surface area contributed by atoms with Crippen LogP contribution in [-0.2, 0) is 21.4 Å². The number of likely N-dealkylation sites (N-methyl/N-ethyl adjacent to an activating group) is 1. The fourth-order valence-corrected chi connectivity index (χ4v) is 3.49. The van der Waals surface area contributed by atoms with Gasteiger partial charge < -0.3 is 9.84 Å². The normalized spacial score (nSPS) is 20.2. The topological polar surface area (TPSA) is 66.8 Å². The molecule has 1 aromatic carbocycles. The summed E-state index contributed by atoms with van der Waals surface area (Å²) in [6.45, 7) is 1.000. The molecular weight excluding hydrogens is 278 g/mol. The van der Waals surface area contributed by atoms with Gasteiger partial charge in [0.1, 0.15) is 0 Å². The van der Waals surface area contributed by atoms with Crippen molar-refractivity contribution in [2.75, 3.05) is 20.2 Å². The Kier molecular flexibility index (Phi) is 5.15. The van der Waals surface area contributed by atoms with Gasteiger partial charge in [-0.1, -0.05) is 12.1 Å². The minimum Gasteiger partial charge on any atom is -0.392 e. The first kappa shape index (κ1) is 15.4. The monoisotopic (exact) mass is 299 g/mol. The second-order valence-corrected chi connectivity index (χ2v) is 7.12. The highest BCUT2D eigenvalue weighted by Gasteiger charge is 2.25. The van der Waals surface area contributed by atoms with Gasteiger partial charge in [0.15, 0.2) is 0 Å². The zero-order valence-electron chi connectivity index (χ0n) is 11.7. The molecule has 0 spiro atoms. The summed E-state index contributed by atoms with van der Waals surface area (Å²) in [7, 11) is -1.92. The van der Waals surface area contributed by atoms with E-state index in [1.807, 2.05) is 0 Å². The molecule has 1 atom stereocenters. The fraction of sp³-hybridized carbons (Fsp3) is 0.571. The summed E-state index contributed by atoms with van der Waals surface area (Å²) in [6.07, 6.45) is 3.03. The third kappa shape index (κ3) is 3.58. The highest BCUT2D eigenvalue weighted by Crippen LogP contribution is 2.19. The third-order valence-corrected chi connectivity index (χ3v) is 5.39. The largest absolute Gasteiger partial charge is 0.392 e. The first-order valence-corrected chi connectivity index (χ1v) is 8.26. The van der Waals surface area contributed by atoms with Crippen LogP contribution in [0, 0.1) is 0 Å². The number of benzene rings is 1. The Labute approximate surface area is 120 Å². The quantitative estimate of drug-likeness (QED) is 0.891. The minimum atomic E-state index is -3.49. The molecule has 0 amide bonds. The van der Waals surface area contributed by atoms with E-state index in [0.29, 0.717) is 18.7 Å². The smallest absolute Gasteiger partial charge is 0.242 e. The van der Waals surface area contributed by atoms with Crippen molar-refractivity contribution < 1.29 is 18.3 Å². The molecule has 20 heavy (non-hydrogen) atoms. The number of rotatable bonds is 5. The Bertz CT molecular complexity index is 521. The molecule has 1 heterocycles. The fourth-order valence-electron chi connectivity index (χ4n) is 2.28. The van der Waals surface area contributed by atoms with Gasteiger partial charge in [0.2, 0.25) is 10.0 Å². The second-order valence-electron chi connectivity index (χ2n) is 5.08. The van der Waals surface area contributed by atoms with Crippen LogP contribution in [0.3, 0.4) is 0 Å². The van der Waals surface area contributed by atoms with Gasteiger partial charge in [-0.15, -0.1) is 0 Å². The number of ether oxygens (including phenoxy) is 1. The number of hydrogen-bond donors (Lipinski definition) is 1. The van der Waals surface area contributed by atoms with E-state index < -0.39 is 10.0 Å². The van der Waals surface area contributed by atoms with Crippen molar-refractivity contribution in [1.82, 2.24) is 4.31 Å². The van der Waals surface area contributed by atoms with Gasteiger partial charge in [0, 0.05) is 20.2 Å². The zero-order valence-corrected chi connectivity index (χ0v) is 12.5.